The van der Waals surface area contributed by atoms with Gasteiger partial charge in [-0.15, -0.1) is 0 Å². The summed E-state index contributed by atoms with van der Waals surface area (Å²) in [5.74, 6) is 0. The Bertz CT molecular complexity index is 286. The molecule has 0 aromatic rings. The molecular weight excluding hydrogens is 244 g/mol. The van der Waals surface area contributed by atoms with E-state index in [9.17, 15) is 0 Å². The lowest BCUT2D eigenvalue weighted by molar-refractivity contribution is 0.0302. The molecule has 2 fully saturated rings. The minimum absolute atomic E-state index is 0.303. The van der Waals surface area contributed by atoms with E-state index in [-0.39, 0.29) is 0 Å². The van der Waals surface area contributed by atoms with Crippen LogP contribution in [0.2, 0.25) is 0 Å². The van der Waals surface area contributed by atoms with Gasteiger partial charge in [-0.3, -0.25) is 0 Å². The molecule has 2 nitrogen and oxygen atoms in total. The van der Waals surface area contributed by atoms with Crippen molar-refractivity contribution in [1.82, 2.24) is 5.32 Å². The zero-order valence-electron chi connectivity index (χ0n) is 14.0. The highest BCUT2D eigenvalue weighted by Gasteiger charge is 2.53. The molecule has 20 heavy (non-hydrogen) atoms. The summed E-state index contributed by atoms with van der Waals surface area (Å²) in [6.45, 7) is 8.14. The molecule has 2 atom stereocenters. The number of hydrogen-bond acceptors (Lipinski definition) is 2. The molecule has 1 spiro atoms. The van der Waals surface area contributed by atoms with Gasteiger partial charge < -0.3 is 11.1 Å². The van der Waals surface area contributed by atoms with E-state index >= 15 is 0 Å². The normalized spacial score (nSPS) is 27.9. The molecule has 1 saturated heterocycles. The van der Waals surface area contributed by atoms with Crippen LogP contribution in [0.15, 0.2) is 0 Å². The molecule has 1 aliphatic heterocycles. The van der Waals surface area contributed by atoms with E-state index in [4.69, 9.17) is 5.73 Å². The molecule has 3 N–H and O–H groups in total. The van der Waals surface area contributed by atoms with E-state index in [1.54, 1.807) is 0 Å². The maximum atomic E-state index is 6.57. The number of nitrogens with two attached hydrogens (primary N) is 1. The van der Waals surface area contributed by atoms with E-state index < -0.39 is 0 Å². The van der Waals surface area contributed by atoms with Gasteiger partial charge in [-0.1, -0.05) is 46.0 Å². The summed E-state index contributed by atoms with van der Waals surface area (Å²) in [5.41, 5.74) is 7.46. The quantitative estimate of drug-likeness (QED) is 0.764. The topological polar surface area (TPSA) is 38.0 Å². The summed E-state index contributed by atoms with van der Waals surface area (Å²) in [5, 5.41) is 3.93. The average molecular weight is 280 g/mol. The third-order valence-corrected chi connectivity index (χ3v) is 6.35. The van der Waals surface area contributed by atoms with Crippen LogP contribution in [0.5, 0.6) is 0 Å². The third-order valence-electron chi connectivity index (χ3n) is 6.35. The van der Waals surface area contributed by atoms with Crippen molar-refractivity contribution >= 4 is 0 Å². The Hall–Kier alpha value is -0.0800. The zero-order valence-corrected chi connectivity index (χ0v) is 14.0. The van der Waals surface area contributed by atoms with Crippen molar-refractivity contribution in [3.63, 3.8) is 0 Å². The Morgan fingerprint density at radius 1 is 1.10 bits per heavy atom. The summed E-state index contributed by atoms with van der Waals surface area (Å²) in [6, 6.07) is 0.965. The van der Waals surface area contributed by atoms with Gasteiger partial charge >= 0.3 is 0 Å². The van der Waals surface area contributed by atoms with Crippen LogP contribution in [0.3, 0.4) is 0 Å². The lowest BCUT2D eigenvalue weighted by Gasteiger charge is -2.51. The molecular formula is C18H36N2. The molecule has 0 radical (unpaired) electrons. The van der Waals surface area contributed by atoms with Crippen molar-refractivity contribution in [3.05, 3.63) is 0 Å². The second-order valence-electron chi connectivity index (χ2n) is 7.58. The Kier molecular flexibility index (Phi) is 5.53. The van der Waals surface area contributed by atoms with Gasteiger partial charge in [-0.05, 0) is 51.0 Å². The lowest BCUT2D eigenvalue weighted by Crippen LogP contribution is -2.58. The van der Waals surface area contributed by atoms with Crippen molar-refractivity contribution in [2.24, 2.45) is 16.6 Å². The maximum Gasteiger partial charge on any atom is 0.0195 e. The summed E-state index contributed by atoms with van der Waals surface area (Å²) < 4.78 is 0. The van der Waals surface area contributed by atoms with Gasteiger partial charge in [0.1, 0.15) is 0 Å². The van der Waals surface area contributed by atoms with E-state index in [0.29, 0.717) is 22.9 Å². The highest BCUT2D eigenvalue weighted by Crippen LogP contribution is 2.53. The lowest BCUT2D eigenvalue weighted by atomic mass is 9.56. The van der Waals surface area contributed by atoms with Gasteiger partial charge in [0.25, 0.3) is 0 Å². The van der Waals surface area contributed by atoms with E-state index in [1.807, 2.05) is 0 Å². The Morgan fingerprint density at radius 3 is 2.20 bits per heavy atom. The minimum atomic E-state index is 0.303. The van der Waals surface area contributed by atoms with Crippen molar-refractivity contribution < 1.29 is 0 Å². The maximum absolute atomic E-state index is 6.57. The summed E-state index contributed by atoms with van der Waals surface area (Å²) in [6.07, 6.45) is 13.7. The Labute approximate surface area is 126 Å². The van der Waals surface area contributed by atoms with Gasteiger partial charge in [0, 0.05) is 17.5 Å². The Morgan fingerprint density at radius 2 is 1.70 bits per heavy atom. The molecule has 0 bridgehead atoms. The number of nitrogens with one attached hydrogen (secondary N) is 1. The van der Waals surface area contributed by atoms with E-state index in [0.717, 1.165) is 0 Å². The van der Waals surface area contributed by atoms with Gasteiger partial charge in [-0.2, -0.15) is 0 Å². The van der Waals surface area contributed by atoms with Crippen LogP contribution in [-0.2, 0) is 0 Å². The van der Waals surface area contributed by atoms with E-state index in [2.05, 4.69) is 26.1 Å². The second kappa shape index (κ2) is 6.79. The van der Waals surface area contributed by atoms with Gasteiger partial charge in [0.05, 0.1) is 0 Å². The van der Waals surface area contributed by atoms with Crippen molar-refractivity contribution in [2.45, 2.75) is 97.1 Å². The predicted molar refractivity (Wildman–Crippen MR) is 87.8 cm³/mol. The summed E-state index contributed by atoms with van der Waals surface area (Å²) in [4.78, 5) is 0. The summed E-state index contributed by atoms with van der Waals surface area (Å²) in [7, 11) is 0. The van der Waals surface area contributed by atoms with Crippen molar-refractivity contribution in [1.29, 1.82) is 0 Å². The fourth-order valence-corrected chi connectivity index (χ4v) is 5.50. The first-order valence-electron chi connectivity index (χ1n) is 9.10. The first-order valence-corrected chi connectivity index (χ1v) is 9.10. The van der Waals surface area contributed by atoms with Crippen molar-refractivity contribution in [3.8, 4) is 0 Å². The number of hydrogen-bond donors (Lipinski definition) is 2. The largest absolute Gasteiger partial charge is 0.327 e. The van der Waals surface area contributed by atoms with Crippen LogP contribution in [-0.4, -0.2) is 18.6 Å². The monoisotopic (exact) mass is 280 g/mol. The first kappa shape index (κ1) is 16.3. The molecule has 2 rings (SSSR count). The zero-order chi connectivity index (χ0) is 14.6. The first-order chi connectivity index (χ1) is 9.61. The SMILES string of the molecule is CCCC(CCC)(C(C)N)C1NCCC12CCCCC2. The fraction of sp³-hybridized carbons (Fsp3) is 1.00. The number of rotatable bonds is 6. The minimum Gasteiger partial charge on any atom is -0.327 e. The van der Waals surface area contributed by atoms with Gasteiger partial charge in [-0.25, -0.2) is 0 Å². The average Bonchev–Trinajstić information content (AvgIpc) is 2.82. The van der Waals surface area contributed by atoms with Gasteiger partial charge in [0.2, 0.25) is 0 Å². The highest BCUT2D eigenvalue weighted by molar-refractivity contribution is 5.09. The van der Waals surface area contributed by atoms with Crippen LogP contribution >= 0.6 is 0 Å². The summed E-state index contributed by atoms with van der Waals surface area (Å²) >= 11 is 0. The molecule has 118 valence electrons. The highest BCUT2D eigenvalue weighted by atomic mass is 15.0. The third kappa shape index (κ3) is 2.78. The molecule has 0 amide bonds. The van der Waals surface area contributed by atoms with Gasteiger partial charge in [0.15, 0.2) is 0 Å². The molecule has 1 aliphatic carbocycles. The predicted octanol–water partition coefficient (Wildman–Crippen LogP) is 4.23. The van der Waals surface area contributed by atoms with E-state index in [1.165, 1.54) is 70.8 Å². The molecule has 0 aromatic carbocycles. The van der Waals surface area contributed by atoms with Crippen LogP contribution in [0, 0.1) is 10.8 Å². The van der Waals surface area contributed by atoms with Crippen molar-refractivity contribution in [2.75, 3.05) is 6.54 Å². The van der Waals surface area contributed by atoms with Crippen LogP contribution in [0.4, 0.5) is 0 Å². The smallest absolute Gasteiger partial charge is 0.0195 e. The molecule has 1 saturated carbocycles. The molecule has 0 aromatic heterocycles. The van der Waals surface area contributed by atoms with Crippen LogP contribution in [0.25, 0.3) is 0 Å². The van der Waals surface area contributed by atoms with Crippen LogP contribution in [0.1, 0.15) is 85.0 Å². The Balaban J connectivity index is 2.30. The molecule has 2 unspecified atom stereocenters. The molecule has 2 aliphatic rings. The molecule has 1 heterocycles. The molecule has 2 heteroatoms. The second-order valence-corrected chi connectivity index (χ2v) is 7.58. The standard InChI is InChI=1S/C18H36N2/c1-4-9-18(10-5-2,15(3)19)16-17(13-14-20-16)11-7-6-8-12-17/h15-16,20H,4-14,19H2,1-3H3. The van der Waals surface area contributed by atoms with Crippen LogP contribution < -0.4 is 11.1 Å². The fourth-order valence-electron chi connectivity index (χ4n) is 5.50.